The van der Waals surface area contributed by atoms with Crippen LogP contribution in [-0.4, -0.2) is 7.05 Å². The van der Waals surface area contributed by atoms with E-state index in [0.29, 0.717) is 6.04 Å². The van der Waals surface area contributed by atoms with Crippen LogP contribution in [0.4, 0.5) is 0 Å². The molecule has 0 fully saturated rings. The van der Waals surface area contributed by atoms with Gasteiger partial charge in [0, 0.05) is 6.42 Å². The van der Waals surface area contributed by atoms with E-state index in [-0.39, 0.29) is 0 Å². The van der Waals surface area contributed by atoms with Crippen LogP contribution in [0.3, 0.4) is 0 Å². The van der Waals surface area contributed by atoms with E-state index < -0.39 is 0 Å². The molecule has 0 amide bonds. The summed E-state index contributed by atoms with van der Waals surface area (Å²) in [5.41, 5.74) is 0. The van der Waals surface area contributed by atoms with E-state index in [2.05, 4.69) is 38.2 Å². The highest BCUT2D eigenvalue weighted by Gasteiger charge is 2.13. The zero-order valence-electron chi connectivity index (χ0n) is 10.3. The standard InChI is InChI=1S/C13H23NO/c1-5-11-7-9-13(15-11)12(14-4)8-6-10(2)3/h7,9-10,12,14H,5-6,8H2,1-4H3. The normalized spacial score (nSPS) is 13.4. The third-order valence-corrected chi connectivity index (χ3v) is 2.76. The number of hydrogen-bond acceptors (Lipinski definition) is 2. The van der Waals surface area contributed by atoms with Crippen molar-refractivity contribution in [1.29, 1.82) is 0 Å². The van der Waals surface area contributed by atoms with Crippen molar-refractivity contribution in [2.24, 2.45) is 5.92 Å². The molecule has 2 heteroatoms. The zero-order chi connectivity index (χ0) is 11.3. The summed E-state index contributed by atoms with van der Waals surface area (Å²) in [6, 6.07) is 4.54. The van der Waals surface area contributed by atoms with E-state index in [9.17, 15) is 0 Å². The molecule has 1 rings (SSSR count). The van der Waals surface area contributed by atoms with Crippen LogP contribution in [0.1, 0.15) is 51.2 Å². The molecule has 1 N–H and O–H groups in total. The van der Waals surface area contributed by atoms with Gasteiger partial charge in [-0.15, -0.1) is 0 Å². The van der Waals surface area contributed by atoms with Gasteiger partial charge >= 0.3 is 0 Å². The van der Waals surface area contributed by atoms with Crippen LogP contribution in [0, 0.1) is 5.92 Å². The van der Waals surface area contributed by atoms with E-state index in [1.807, 2.05) is 7.05 Å². The summed E-state index contributed by atoms with van der Waals surface area (Å²) >= 11 is 0. The second-order valence-electron chi connectivity index (χ2n) is 4.47. The largest absolute Gasteiger partial charge is 0.464 e. The summed E-state index contributed by atoms with van der Waals surface area (Å²) in [5.74, 6) is 2.91. The number of rotatable bonds is 6. The second-order valence-corrected chi connectivity index (χ2v) is 4.47. The van der Waals surface area contributed by atoms with E-state index in [4.69, 9.17) is 4.42 Å². The highest BCUT2D eigenvalue weighted by molar-refractivity contribution is 5.10. The first-order valence-electron chi connectivity index (χ1n) is 5.93. The van der Waals surface area contributed by atoms with Gasteiger partial charge in [0.25, 0.3) is 0 Å². The predicted molar refractivity (Wildman–Crippen MR) is 64.0 cm³/mol. The Labute approximate surface area is 93.1 Å². The number of hydrogen-bond donors (Lipinski definition) is 1. The van der Waals surface area contributed by atoms with Crippen LogP contribution in [0.5, 0.6) is 0 Å². The minimum atomic E-state index is 0.368. The highest BCUT2D eigenvalue weighted by atomic mass is 16.3. The van der Waals surface area contributed by atoms with E-state index in [1.54, 1.807) is 0 Å². The van der Waals surface area contributed by atoms with Gasteiger partial charge in [0.2, 0.25) is 0 Å². The van der Waals surface area contributed by atoms with Crippen LogP contribution < -0.4 is 5.32 Å². The van der Waals surface area contributed by atoms with Gasteiger partial charge in [-0.25, -0.2) is 0 Å². The molecule has 0 aliphatic carbocycles. The van der Waals surface area contributed by atoms with Crippen molar-refractivity contribution in [3.8, 4) is 0 Å². The Bertz CT molecular complexity index is 278. The molecule has 0 aliphatic heterocycles. The first-order valence-corrected chi connectivity index (χ1v) is 5.93. The Morgan fingerprint density at radius 3 is 2.47 bits per heavy atom. The molecule has 0 spiro atoms. The Kier molecular flexibility index (Phi) is 4.89. The average Bonchev–Trinajstić information content (AvgIpc) is 2.67. The van der Waals surface area contributed by atoms with Gasteiger partial charge in [0.1, 0.15) is 11.5 Å². The molecule has 1 atom stereocenters. The lowest BCUT2D eigenvalue weighted by atomic mass is 10.0. The van der Waals surface area contributed by atoms with Crippen LogP contribution in [-0.2, 0) is 6.42 Å². The van der Waals surface area contributed by atoms with Gasteiger partial charge in [0.05, 0.1) is 6.04 Å². The third kappa shape index (κ3) is 3.71. The summed E-state index contributed by atoms with van der Waals surface area (Å²) in [6.45, 7) is 6.63. The molecule has 1 aromatic heterocycles. The minimum absolute atomic E-state index is 0.368. The second kappa shape index (κ2) is 5.96. The number of furan rings is 1. The van der Waals surface area contributed by atoms with E-state index in [0.717, 1.165) is 30.3 Å². The fourth-order valence-corrected chi connectivity index (χ4v) is 1.70. The molecule has 86 valence electrons. The van der Waals surface area contributed by atoms with Gasteiger partial charge < -0.3 is 9.73 Å². The minimum Gasteiger partial charge on any atom is -0.464 e. The summed E-state index contributed by atoms with van der Waals surface area (Å²) in [4.78, 5) is 0. The Morgan fingerprint density at radius 2 is 2.00 bits per heavy atom. The summed E-state index contributed by atoms with van der Waals surface area (Å²) in [5, 5.41) is 3.32. The van der Waals surface area contributed by atoms with Crippen molar-refractivity contribution in [3.63, 3.8) is 0 Å². The SMILES string of the molecule is CCc1ccc(C(CCC(C)C)NC)o1. The van der Waals surface area contributed by atoms with E-state index >= 15 is 0 Å². The topological polar surface area (TPSA) is 25.2 Å². The van der Waals surface area contributed by atoms with E-state index in [1.165, 1.54) is 6.42 Å². The molecule has 1 unspecified atom stereocenters. The monoisotopic (exact) mass is 209 g/mol. The molecule has 0 saturated heterocycles. The first-order chi connectivity index (χ1) is 7.17. The fraction of sp³-hybridized carbons (Fsp3) is 0.692. The maximum atomic E-state index is 5.76. The van der Waals surface area contributed by atoms with Crippen LogP contribution in [0.2, 0.25) is 0 Å². The average molecular weight is 209 g/mol. The lowest BCUT2D eigenvalue weighted by Gasteiger charge is -2.14. The van der Waals surface area contributed by atoms with Gasteiger partial charge in [-0.3, -0.25) is 0 Å². The third-order valence-electron chi connectivity index (χ3n) is 2.76. The molecule has 1 aromatic rings. The highest BCUT2D eigenvalue weighted by Crippen LogP contribution is 2.22. The van der Waals surface area contributed by atoms with Gasteiger partial charge in [-0.2, -0.15) is 0 Å². The van der Waals surface area contributed by atoms with Crippen molar-refractivity contribution >= 4 is 0 Å². The van der Waals surface area contributed by atoms with Gasteiger partial charge in [0.15, 0.2) is 0 Å². The molecular weight excluding hydrogens is 186 g/mol. The molecule has 0 aliphatic rings. The summed E-state index contributed by atoms with van der Waals surface area (Å²) in [6.07, 6.45) is 3.35. The summed E-state index contributed by atoms with van der Waals surface area (Å²) < 4.78 is 5.76. The van der Waals surface area contributed by atoms with Crippen molar-refractivity contribution < 1.29 is 4.42 Å². The quantitative estimate of drug-likeness (QED) is 0.775. The molecule has 0 radical (unpaired) electrons. The maximum absolute atomic E-state index is 5.76. The molecular formula is C13H23NO. The number of nitrogens with one attached hydrogen (secondary N) is 1. The van der Waals surface area contributed by atoms with Crippen LogP contribution >= 0.6 is 0 Å². The maximum Gasteiger partial charge on any atom is 0.121 e. The van der Waals surface area contributed by atoms with Crippen molar-refractivity contribution in [3.05, 3.63) is 23.7 Å². The molecule has 0 aromatic carbocycles. The van der Waals surface area contributed by atoms with Crippen LogP contribution in [0.15, 0.2) is 16.5 Å². The smallest absolute Gasteiger partial charge is 0.121 e. The molecule has 15 heavy (non-hydrogen) atoms. The Balaban J connectivity index is 2.57. The Hall–Kier alpha value is -0.760. The van der Waals surface area contributed by atoms with Crippen molar-refractivity contribution in [1.82, 2.24) is 5.32 Å². The summed E-state index contributed by atoms with van der Waals surface area (Å²) in [7, 11) is 2.00. The molecule has 0 saturated carbocycles. The van der Waals surface area contributed by atoms with Gasteiger partial charge in [-0.05, 0) is 37.9 Å². The van der Waals surface area contributed by atoms with Crippen LogP contribution in [0.25, 0.3) is 0 Å². The first kappa shape index (κ1) is 12.3. The van der Waals surface area contributed by atoms with Crippen molar-refractivity contribution in [2.45, 2.75) is 46.1 Å². The zero-order valence-corrected chi connectivity index (χ0v) is 10.3. The predicted octanol–water partition coefficient (Wildman–Crippen LogP) is 3.54. The lowest BCUT2D eigenvalue weighted by molar-refractivity contribution is 0.375. The van der Waals surface area contributed by atoms with Gasteiger partial charge in [-0.1, -0.05) is 20.8 Å². The van der Waals surface area contributed by atoms with Crippen molar-refractivity contribution in [2.75, 3.05) is 7.05 Å². The molecule has 1 heterocycles. The fourth-order valence-electron chi connectivity index (χ4n) is 1.70. The number of aryl methyl sites for hydroxylation is 1. The molecule has 2 nitrogen and oxygen atoms in total. The Morgan fingerprint density at radius 1 is 1.27 bits per heavy atom. The molecule has 0 bridgehead atoms. The lowest BCUT2D eigenvalue weighted by Crippen LogP contribution is -2.16.